The van der Waals surface area contributed by atoms with Crippen molar-refractivity contribution in [2.45, 2.75) is 33.6 Å². The van der Waals surface area contributed by atoms with Gasteiger partial charge in [0.15, 0.2) is 0 Å². The van der Waals surface area contributed by atoms with Crippen molar-refractivity contribution in [2.75, 3.05) is 6.54 Å². The standard InChI is InChI=1S/C9H17NO/c1-8(2)5-4-6-9(3)7-10-11/h5,9H,4,6-7H2,1-3H3. The molecule has 0 aromatic carbocycles. The fraction of sp³-hybridized carbons (Fsp3) is 0.778. The second kappa shape index (κ2) is 6.08. The highest BCUT2D eigenvalue weighted by Crippen LogP contribution is 2.07. The van der Waals surface area contributed by atoms with Crippen molar-refractivity contribution >= 4 is 0 Å². The Morgan fingerprint density at radius 1 is 1.55 bits per heavy atom. The van der Waals surface area contributed by atoms with Crippen LogP contribution in [0.5, 0.6) is 0 Å². The molecule has 11 heavy (non-hydrogen) atoms. The van der Waals surface area contributed by atoms with Crippen LogP contribution in [0.1, 0.15) is 33.6 Å². The van der Waals surface area contributed by atoms with E-state index in [0.717, 1.165) is 12.8 Å². The first-order valence-corrected chi connectivity index (χ1v) is 4.09. The molecule has 0 fully saturated rings. The third-order valence-corrected chi connectivity index (χ3v) is 1.60. The molecule has 0 rings (SSSR count). The molecule has 0 spiro atoms. The highest BCUT2D eigenvalue weighted by molar-refractivity contribution is 4.92. The maximum Gasteiger partial charge on any atom is 0.0836 e. The van der Waals surface area contributed by atoms with E-state index in [9.17, 15) is 4.91 Å². The molecule has 0 N–H and O–H groups in total. The molecule has 0 aromatic rings. The van der Waals surface area contributed by atoms with Crippen LogP contribution in [0.3, 0.4) is 0 Å². The fourth-order valence-corrected chi connectivity index (χ4v) is 0.875. The van der Waals surface area contributed by atoms with Crippen molar-refractivity contribution in [1.82, 2.24) is 0 Å². The van der Waals surface area contributed by atoms with Gasteiger partial charge in [0, 0.05) is 0 Å². The monoisotopic (exact) mass is 155 g/mol. The van der Waals surface area contributed by atoms with Gasteiger partial charge in [-0.05, 0) is 32.6 Å². The topological polar surface area (TPSA) is 29.4 Å². The van der Waals surface area contributed by atoms with Crippen molar-refractivity contribution in [3.05, 3.63) is 16.6 Å². The van der Waals surface area contributed by atoms with Crippen molar-refractivity contribution in [1.29, 1.82) is 0 Å². The molecule has 0 heterocycles. The molecule has 2 nitrogen and oxygen atoms in total. The molecule has 0 radical (unpaired) electrons. The van der Waals surface area contributed by atoms with E-state index in [1.165, 1.54) is 5.57 Å². The molecule has 1 atom stereocenters. The summed E-state index contributed by atoms with van der Waals surface area (Å²) in [5, 5.41) is 2.86. The van der Waals surface area contributed by atoms with Gasteiger partial charge < -0.3 is 0 Å². The molecule has 0 saturated heterocycles. The third kappa shape index (κ3) is 7.23. The Balaban J connectivity index is 3.38. The molecule has 0 aliphatic rings. The smallest absolute Gasteiger partial charge is 0.0836 e. The second-order valence-electron chi connectivity index (χ2n) is 3.28. The lowest BCUT2D eigenvalue weighted by atomic mass is 10.1. The zero-order chi connectivity index (χ0) is 8.69. The van der Waals surface area contributed by atoms with Crippen LogP contribution >= 0.6 is 0 Å². The molecule has 0 bridgehead atoms. The Labute approximate surface area is 68.7 Å². The molecular formula is C9H17NO. The molecule has 0 aromatic heterocycles. The summed E-state index contributed by atoms with van der Waals surface area (Å²) in [6, 6.07) is 0. The summed E-state index contributed by atoms with van der Waals surface area (Å²) in [6.07, 6.45) is 4.33. The maximum atomic E-state index is 9.85. The van der Waals surface area contributed by atoms with Crippen LogP contribution in [0.4, 0.5) is 0 Å². The number of hydrogen-bond acceptors (Lipinski definition) is 2. The van der Waals surface area contributed by atoms with Gasteiger partial charge in [0.1, 0.15) is 0 Å². The molecule has 0 amide bonds. The third-order valence-electron chi connectivity index (χ3n) is 1.60. The quantitative estimate of drug-likeness (QED) is 0.443. The first-order valence-electron chi connectivity index (χ1n) is 4.09. The van der Waals surface area contributed by atoms with Crippen molar-refractivity contribution in [2.24, 2.45) is 11.1 Å². The van der Waals surface area contributed by atoms with Gasteiger partial charge in [-0.25, -0.2) is 0 Å². The number of rotatable bonds is 5. The van der Waals surface area contributed by atoms with E-state index >= 15 is 0 Å². The molecule has 0 saturated carbocycles. The van der Waals surface area contributed by atoms with Gasteiger partial charge in [-0.15, -0.1) is 0 Å². The van der Waals surface area contributed by atoms with E-state index in [-0.39, 0.29) is 0 Å². The van der Waals surface area contributed by atoms with Crippen LogP contribution in [-0.4, -0.2) is 6.54 Å². The Morgan fingerprint density at radius 3 is 2.64 bits per heavy atom. The Kier molecular flexibility index (Phi) is 5.71. The van der Waals surface area contributed by atoms with E-state index in [1.807, 2.05) is 0 Å². The van der Waals surface area contributed by atoms with Gasteiger partial charge in [0.05, 0.1) is 6.54 Å². The summed E-state index contributed by atoms with van der Waals surface area (Å²) >= 11 is 0. The van der Waals surface area contributed by atoms with Crippen molar-refractivity contribution in [3.63, 3.8) is 0 Å². The van der Waals surface area contributed by atoms with Crippen molar-refractivity contribution in [3.8, 4) is 0 Å². The maximum absolute atomic E-state index is 9.85. The minimum Gasteiger partial charge on any atom is -0.151 e. The Bertz CT molecular complexity index is 136. The van der Waals surface area contributed by atoms with Crippen LogP contribution in [0.15, 0.2) is 16.8 Å². The normalized spacial score (nSPS) is 12.3. The van der Waals surface area contributed by atoms with Gasteiger partial charge in [-0.1, -0.05) is 23.7 Å². The van der Waals surface area contributed by atoms with Gasteiger partial charge in [0.2, 0.25) is 0 Å². The highest BCUT2D eigenvalue weighted by Gasteiger charge is 1.98. The average Bonchev–Trinajstić information content (AvgIpc) is 1.87. The van der Waals surface area contributed by atoms with E-state index in [4.69, 9.17) is 0 Å². The van der Waals surface area contributed by atoms with E-state index in [2.05, 4.69) is 32.0 Å². The van der Waals surface area contributed by atoms with Crippen LogP contribution in [-0.2, 0) is 0 Å². The largest absolute Gasteiger partial charge is 0.151 e. The fourth-order valence-electron chi connectivity index (χ4n) is 0.875. The number of allylic oxidation sites excluding steroid dienone is 2. The lowest BCUT2D eigenvalue weighted by molar-refractivity contribution is 0.549. The summed E-state index contributed by atoms with van der Waals surface area (Å²) in [5.74, 6) is 0.433. The first-order chi connectivity index (χ1) is 5.16. The summed E-state index contributed by atoms with van der Waals surface area (Å²) < 4.78 is 0. The van der Waals surface area contributed by atoms with E-state index in [0.29, 0.717) is 12.5 Å². The molecule has 0 aliphatic heterocycles. The van der Waals surface area contributed by atoms with Crippen LogP contribution in [0, 0.1) is 10.8 Å². The van der Waals surface area contributed by atoms with Gasteiger partial charge in [-0.2, -0.15) is 4.91 Å². The van der Waals surface area contributed by atoms with Crippen LogP contribution in [0.25, 0.3) is 0 Å². The number of nitroso groups, excluding NO2 is 1. The lowest BCUT2D eigenvalue weighted by Crippen LogP contribution is -1.97. The summed E-state index contributed by atoms with van der Waals surface area (Å²) in [5.41, 5.74) is 1.34. The summed E-state index contributed by atoms with van der Waals surface area (Å²) in [4.78, 5) is 9.85. The predicted molar refractivity (Wildman–Crippen MR) is 48.5 cm³/mol. The average molecular weight is 155 g/mol. The zero-order valence-electron chi connectivity index (χ0n) is 7.63. The van der Waals surface area contributed by atoms with Crippen LogP contribution in [0.2, 0.25) is 0 Å². The molecule has 0 aliphatic carbocycles. The first kappa shape index (κ1) is 10.3. The lowest BCUT2D eigenvalue weighted by Gasteiger charge is -2.02. The van der Waals surface area contributed by atoms with E-state index in [1.54, 1.807) is 0 Å². The molecule has 1 unspecified atom stereocenters. The summed E-state index contributed by atoms with van der Waals surface area (Å²) in [6.45, 7) is 6.68. The van der Waals surface area contributed by atoms with E-state index < -0.39 is 0 Å². The van der Waals surface area contributed by atoms with Crippen molar-refractivity contribution < 1.29 is 0 Å². The Hall–Kier alpha value is -0.660. The molecule has 64 valence electrons. The SMILES string of the molecule is CC(C)=CCCC(C)CN=O. The Morgan fingerprint density at radius 2 is 2.18 bits per heavy atom. The minimum atomic E-state index is 0.433. The van der Waals surface area contributed by atoms with Gasteiger partial charge >= 0.3 is 0 Å². The molecule has 2 heteroatoms. The second-order valence-corrected chi connectivity index (χ2v) is 3.28. The summed E-state index contributed by atoms with van der Waals surface area (Å²) in [7, 11) is 0. The van der Waals surface area contributed by atoms with Gasteiger partial charge in [-0.3, -0.25) is 0 Å². The number of nitrogens with zero attached hydrogens (tertiary/aromatic N) is 1. The highest BCUT2D eigenvalue weighted by atomic mass is 16.3. The van der Waals surface area contributed by atoms with Crippen LogP contribution < -0.4 is 0 Å². The minimum absolute atomic E-state index is 0.433. The number of hydrogen-bond donors (Lipinski definition) is 0. The zero-order valence-corrected chi connectivity index (χ0v) is 7.63. The molecular weight excluding hydrogens is 138 g/mol. The predicted octanol–water partition coefficient (Wildman–Crippen LogP) is 3.14. The van der Waals surface area contributed by atoms with Gasteiger partial charge in [0.25, 0.3) is 0 Å².